The zero-order chi connectivity index (χ0) is 12.8. The largest absolute Gasteiger partial charge is 0.393 e. The second-order valence-electron chi connectivity index (χ2n) is 6.38. The van der Waals surface area contributed by atoms with Gasteiger partial charge in [-0.1, -0.05) is 12.8 Å². The Balaban J connectivity index is 1.60. The van der Waals surface area contributed by atoms with Crippen molar-refractivity contribution in [1.29, 1.82) is 0 Å². The molecule has 1 aliphatic heterocycles. The molecular weight excluding hydrogens is 224 g/mol. The molecule has 3 N–H and O–H groups in total. The fraction of sp³-hybridized carbons (Fsp3) is 1.00. The maximum absolute atomic E-state index is 9.67. The van der Waals surface area contributed by atoms with Crippen LogP contribution in [0.3, 0.4) is 0 Å². The summed E-state index contributed by atoms with van der Waals surface area (Å²) in [5, 5.41) is 17.0. The number of piperidine rings is 1. The molecule has 2 rings (SSSR count). The van der Waals surface area contributed by atoms with Crippen LogP contribution in [0.15, 0.2) is 0 Å². The minimum absolute atomic E-state index is 0.0409. The first-order valence-electron chi connectivity index (χ1n) is 7.89. The molecule has 1 saturated heterocycles. The lowest BCUT2D eigenvalue weighted by Crippen LogP contribution is -2.41. The first-order valence-corrected chi connectivity index (χ1v) is 7.89. The van der Waals surface area contributed by atoms with Crippen molar-refractivity contribution in [2.75, 3.05) is 13.1 Å². The van der Waals surface area contributed by atoms with E-state index in [1.807, 2.05) is 0 Å². The third kappa shape index (κ3) is 4.87. The minimum atomic E-state index is -0.0409. The summed E-state index contributed by atoms with van der Waals surface area (Å²) in [6.45, 7) is 4.59. The van der Waals surface area contributed by atoms with Crippen LogP contribution in [-0.2, 0) is 0 Å². The van der Waals surface area contributed by atoms with Crippen LogP contribution in [0.25, 0.3) is 0 Å². The van der Waals surface area contributed by atoms with Gasteiger partial charge in [0.25, 0.3) is 0 Å². The van der Waals surface area contributed by atoms with Crippen molar-refractivity contribution in [3.05, 3.63) is 0 Å². The van der Waals surface area contributed by atoms with Crippen molar-refractivity contribution >= 4 is 0 Å². The Morgan fingerprint density at radius 3 is 2.83 bits per heavy atom. The van der Waals surface area contributed by atoms with Crippen LogP contribution in [0.1, 0.15) is 58.3 Å². The number of nitrogens with one attached hydrogen (secondary N) is 2. The lowest BCUT2D eigenvalue weighted by Gasteiger charge is -2.29. The first-order chi connectivity index (χ1) is 8.74. The van der Waals surface area contributed by atoms with Gasteiger partial charge in [0.2, 0.25) is 0 Å². The summed E-state index contributed by atoms with van der Waals surface area (Å²) in [6, 6.07) is 1.32. The highest BCUT2D eigenvalue weighted by Crippen LogP contribution is 2.23. The highest BCUT2D eigenvalue weighted by molar-refractivity contribution is 4.79. The van der Waals surface area contributed by atoms with Gasteiger partial charge in [-0.05, 0) is 64.5 Å². The normalized spacial score (nSPS) is 35.3. The molecule has 2 aliphatic rings. The molecule has 0 aromatic heterocycles. The first kappa shape index (κ1) is 14.3. The second-order valence-corrected chi connectivity index (χ2v) is 6.38. The average molecular weight is 254 g/mol. The molecule has 4 unspecified atom stereocenters. The highest BCUT2D eigenvalue weighted by atomic mass is 16.3. The van der Waals surface area contributed by atoms with Gasteiger partial charge in [-0.15, -0.1) is 0 Å². The quantitative estimate of drug-likeness (QED) is 0.703. The highest BCUT2D eigenvalue weighted by Gasteiger charge is 2.21. The molecule has 0 bridgehead atoms. The van der Waals surface area contributed by atoms with Crippen LogP contribution in [0.5, 0.6) is 0 Å². The Morgan fingerprint density at radius 2 is 2.11 bits per heavy atom. The number of rotatable bonds is 5. The molecule has 0 amide bonds. The summed E-state index contributed by atoms with van der Waals surface area (Å²) >= 11 is 0. The Morgan fingerprint density at radius 1 is 1.22 bits per heavy atom. The number of hydrogen-bond donors (Lipinski definition) is 3. The van der Waals surface area contributed by atoms with Crippen LogP contribution < -0.4 is 10.6 Å². The lowest BCUT2D eigenvalue weighted by molar-refractivity contribution is 0.0994. The van der Waals surface area contributed by atoms with Crippen molar-refractivity contribution in [3.63, 3.8) is 0 Å². The van der Waals surface area contributed by atoms with Gasteiger partial charge in [-0.3, -0.25) is 0 Å². The molecule has 1 saturated carbocycles. The van der Waals surface area contributed by atoms with E-state index in [-0.39, 0.29) is 6.10 Å². The smallest absolute Gasteiger partial charge is 0.0543 e. The zero-order valence-electron chi connectivity index (χ0n) is 11.8. The maximum atomic E-state index is 9.67. The third-order valence-electron chi connectivity index (χ3n) is 4.56. The van der Waals surface area contributed by atoms with Crippen molar-refractivity contribution in [3.8, 4) is 0 Å². The van der Waals surface area contributed by atoms with Gasteiger partial charge in [0, 0.05) is 12.1 Å². The molecule has 3 heteroatoms. The summed E-state index contributed by atoms with van der Waals surface area (Å²) in [6.07, 6.45) is 9.78. The van der Waals surface area contributed by atoms with Crippen molar-refractivity contribution < 1.29 is 5.11 Å². The SMILES string of the molecule is CC(CC1CCCCN1)NCC1CCCC(O)C1. The van der Waals surface area contributed by atoms with E-state index < -0.39 is 0 Å². The van der Waals surface area contributed by atoms with Crippen LogP contribution in [-0.4, -0.2) is 36.4 Å². The third-order valence-corrected chi connectivity index (χ3v) is 4.56. The fourth-order valence-corrected chi connectivity index (χ4v) is 3.45. The summed E-state index contributed by atoms with van der Waals surface area (Å²) in [5.74, 6) is 0.690. The molecule has 18 heavy (non-hydrogen) atoms. The van der Waals surface area contributed by atoms with E-state index in [1.54, 1.807) is 0 Å². The van der Waals surface area contributed by atoms with Gasteiger partial charge >= 0.3 is 0 Å². The fourth-order valence-electron chi connectivity index (χ4n) is 3.45. The lowest BCUT2D eigenvalue weighted by atomic mass is 9.87. The van der Waals surface area contributed by atoms with Crippen LogP contribution in [0.2, 0.25) is 0 Å². The van der Waals surface area contributed by atoms with E-state index >= 15 is 0 Å². The van der Waals surface area contributed by atoms with Gasteiger partial charge < -0.3 is 15.7 Å². The minimum Gasteiger partial charge on any atom is -0.393 e. The van der Waals surface area contributed by atoms with E-state index in [1.165, 1.54) is 45.1 Å². The molecule has 4 atom stereocenters. The van der Waals surface area contributed by atoms with E-state index in [2.05, 4.69) is 17.6 Å². The predicted octanol–water partition coefficient (Wildman–Crippen LogP) is 2.05. The maximum Gasteiger partial charge on any atom is 0.0543 e. The Labute approximate surface area is 112 Å². The molecule has 1 aliphatic carbocycles. The van der Waals surface area contributed by atoms with Crippen LogP contribution >= 0.6 is 0 Å². The van der Waals surface area contributed by atoms with Crippen molar-refractivity contribution in [2.45, 2.75) is 76.5 Å². The number of aliphatic hydroxyl groups is 1. The molecule has 0 radical (unpaired) electrons. The molecule has 2 fully saturated rings. The topological polar surface area (TPSA) is 44.3 Å². The Bertz CT molecular complexity index is 229. The molecule has 0 aromatic carbocycles. The standard InChI is InChI=1S/C15H30N2O/c1-12(9-14-6-2-3-8-16-14)17-11-13-5-4-7-15(18)10-13/h12-18H,2-11H2,1H3. The van der Waals surface area contributed by atoms with Gasteiger partial charge in [-0.25, -0.2) is 0 Å². The molecular formula is C15H30N2O. The van der Waals surface area contributed by atoms with Gasteiger partial charge in [0.1, 0.15) is 0 Å². The van der Waals surface area contributed by atoms with Crippen LogP contribution in [0, 0.1) is 5.92 Å². The summed E-state index contributed by atoms with van der Waals surface area (Å²) in [7, 11) is 0. The zero-order valence-corrected chi connectivity index (χ0v) is 11.8. The molecule has 0 aromatic rings. The molecule has 3 nitrogen and oxygen atoms in total. The summed E-state index contributed by atoms with van der Waals surface area (Å²) < 4.78 is 0. The van der Waals surface area contributed by atoms with Crippen molar-refractivity contribution in [2.24, 2.45) is 5.92 Å². The average Bonchev–Trinajstić information content (AvgIpc) is 2.38. The van der Waals surface area contributed by atoms with Gasteiger partial charge in [0.15, 0.2) is 0 Å². The van der Waals surface area contributed by atoms with E-state index in [0.717, 1.165) is 25.4 Å². The summed E-state index contributed by atoms with van der Waals surface area (Å²) in [5.41, 5.74) is 0. The van der Waals surface area contributed by atoms with E-state index in [9.17, 15) is 5.11 Å². The molecule has 1 heterocycles. The summed E-state index contributed by atoms with van der Waals surface area (Å²) in [4.78, 5) is 0. The predicted molar refractivity (Wildman–Crippen MR) is 75.7 cm³/mol. The van der Waals surface area contributed by atoms with Crippen molar-refractivity contribution in [1.82, 2.24) is 10.6 Å². The second kappa shape index (κ2) is 7.46. The van der Waals surface area contributed by atoms with E-state index in [4.69, 9.17) is 0 Å². The Kier molecular flexibility index (Phi) is 5.93. The number of aliphatic hydroxyl groups excluding tert-OH is 1. The molecule has 106 valence electrons. The van der Waals surface area contributed by atoms with E-state index in [0.29, 0.717) is 12.0 Å². The van der Waals surface area contributed by atoms with Gasteiger partial charge in [0.05, 0.1) is 6.10 Å². The Hall–Kier alpha value is -0.120. The van der Waals surface area contributed by atoms with Gasteiger partial charge in [-0.2, -0.15) is 0 Å². The van der Waals surface area contributed by atoms with Crippen LogP contribution in [0.4, 0.5) is 0 Å². The number of hydrogen-bond acceptors (Lipinski definition) is 3. The molecule has 0 spiro atoms. The monoisotopic (exact) mass is 254 g/mol.